The molecule has 1 unspecified atom stereocenters. The van der Waals surface area contributed by atoms with E-state index in [9.17, 15) is 0 Å². The quantitative estimate of drug-likeness (QED) is 0.483. The van der Waals surface area contributed by atoms with Crippen LogP contribution in [0.5, 0.6) is 0 Å². The lowest BCUT2D eigenvalue weighted by Gasteiger charge is -2.18. The second-order valence-electron chi connectivity index (χ2n) is 4.81. The van der Waals surface area contributed by atoms with Crippen LogP contribution in [0.2, 0.25) is 0 Å². The Balaban J connectivity index is 2.34. The summed E-state index contributed by atoms with van der Waals surface area (Å²) in [6.07, 6.45) is 7.99. The normalized spacial score (nSPS) is 12.8. The Hall–Kier alpha value is -0.470. The van der Waals surface area contributed by atoms with E-state index in [0.717, 1.165) is 18.4 Å². The van der Waals surface area contributed by atoms with Crippen LogP contribution in [-0.2, 0) is 4.52 Å². The first kappa shape index (κ1) is 16.6. The van der Waals surface area contributed by atoms with Gasteiger partial charge in [-0.25, -0.2) is 0 Å². The molecule has 0 aliphatic rings. The average Bonchev–Trinajstić information content (AvgIpc) is 2.42. The van der Waals surface area contributed by atoms with Gasteiger partial charge in [0.05, 0.1) is 6.10 Å². The minimum absolute atomic E-state index is 0.200. The minimum Gasteiger partial charge on any atom is -0.328 e. The Bertz CT molecular complexity index is 316. The zero-order valence-corrected chi connectivity index (χ0v) is 12.6. The fourth-order valence-electron chi connectivity index (χ4n) is 2.17. The molecular weight excluding hydrogens is 259 g/mol. The van der Waals surface area contributed by atoms with Crippen molar-refractivity contribution < 1.29 is 14.3 Å². The zero-order chi connectivity index (χ0) is 13.9. The third-order valence-electron chi connectivity index (χ3n) is 3.21. The van der Waals surface area contributed by atoms with Crippen molar-refractivity contribution in [1.29, 1.82) is 0 Å². The molecule has 0 saturated carbocycles. The van der Waals surface area contributed by atoms with Gasteiger partial charge < -0.3 is 14.3 Å². The number of rotatable bonds is 10. The number of unbranched alkanes of at least 4 members (excludes halogenated alkanes) is 5. The van der Waals surface area contributed by atoms with Crippen molar-refractivity contribution in [3.05, 3.63) is 35.9 Å². The molecule has 1 aromatic rings. The SMILES string of the molecule is CCCCCCCCC(OP(O)O)c1ccccc1. The molecule has 0 aromatic heterocycles. The van der Waals surface area contributed by atoms with E-state index in [1.54, 1.807) is 0 Å². The lowest BCUT2D eigenvalue weighted by Crippen LogP contribution is -2.01. The Morgan fingerprint density at radius 1 is 1.00 bits per heavy atom. The van der Waals surface area contributed by atoms with Gasteiger partial charge in [0.15, 0.2) is 0 Å². The zero-order valence-electron chi connectivity index (χ0n) is 11.7. The molecule has 0 aliphatic carbocycles. The topological polar surface area (TPSA) is 49.7 Å². The van der Waals surface area contributed by atoms with Crippen molar-refractivity contribution in [3.63, 3.8) is 0 Å². The molecule has 1 aromatic carbocycles. The molecule has 1 atom stereocenters. The highest BCUT2D eigenvalue weighted by Gasteiger charge is 2.15. The highest BCUT2D eigenvalue weighted by atomic mass is 31.2. The van der Waals surface area contributed by atoms with Gasteiger partial charge in [0.1, 0.15) is 0 Å². The molecule has 2 N–H and O–H groups in total. The van der Waals surface area contributed by atoms with Crippen LogP contribution in [-0.4, -0.2) is 9.79 Å². The van der Waals surface area contributed by atoms with Gasteiger partial charge in [-0.05, 0) is 12.0 Å². The van der Waals surface area contributed by atoms with Crippen molar-refractivity contribution >= 4 is 8.60 Å². The van der Waals surface area contributed by atoms with Crippen molar-refractivity contribution in [1.82, 2.24) is 0 Å². The molecule has 108 valence electrons. The van der Waals surface area contributed by atoms with Gasteiger partial charge in [-0.3, -0.25) is 0 Å². The second kappa shape index (κ2) is 10.3. The molecule has 0 fully saturated rings. The molecule has 0 amide bonds. The maximum Gasteiger partial charge on any atom is 0.327 e. The summed E-state index contributed by atoms with van der Waals surface area (Å²) >= 11 is 0. The van der Waals surface area contributed by atoms with E-state index in [-0.39, 0.29) is 6.10 Å². The maximum absolute atomic E-state index is 9.05. The smallest absolute Gasteiger partial charge is 0.327 e. The molecule has 0 heterocycles. The molecule has 1 rings (SSSR count). The van der Waals surface area contributed by atoms with E-state index < -0.39 is 8.60 Å². The largest absolute Gasteiger partial charge is 0.328 e. The van der Waals surface area contributed by atoms with Crippen molar-refractivity contribution in [2.75, 3.05) is 0 Å². The number of benzene rings is 1. The van der Waals surface area contributed by atoms with E-state index in [1.165, 1.54) is 32.1 Å². The summed E-state index contributed by atoms with van der Waals surface area (Å²) in [5, 5.41) is 0. The van der Waals surface area contributed by atoms with Gasteiger partial charge in [0.25, 0.3) is 0 Å². The third kappa shape index (κ3) is 7.64. The second-order valence-corrected chi connectivity index (χ2v) is 5.53. The van der Waals surface area contributed by atoms with E-state index in [2.05, 4.69) is 6.92 Å². The van der Waals surface area contributed by atoms with Crippen molar-refractivity contribution in [2.45, 2.75) is 58.0 Å². The predicted molar refractivity (Wildman–Crippen MR) is 79.6 cm³/mol. The Labute approximate surface area is 117 Å². The standard InChI is InChI=1S/C15H25O3P/c1-2-3-4-5-6-10-13-15(18-19(16)17)14-11-8-7-9-12-14/h7-9,11-12,15-17H,2-6,10,13H2,1H3. The van der Waals surface area contributed by atoms with Crippen molar-refractivity contribution in [2.24, 2.45) is 0 Å². The van der Waals surface area contributed by atoms with Gasteiger partial charge in [0.2, 0.25) is 0 Å². The van der Waals surface area contributed by atoms with Crippen LogP contribution >= 0.6 is 8.60 Å². The van der Waals surface area contributed by atoms with Gasteiger partial charge in [0, 0.05) is 0 Å². The van der Waals surface area contributed by atoms with Crippen LogP contribution in [0.3, 0.4) is 0 Å². The summed E-state index contributed by atoms with van der Waals surface area (Å²) in [6, 6.07) is 9.79. The monoisotopic (exact) mass is 284 g/mol. The predicted octanol–water partition coefficient (Wildman–Crippen LogP) is 4.71. The van der Waals surface area contributed by atoms with Crippen LogP contribution in [0.4, 0.5) is 0 Å². The van der Waals surface area contributed by atoms with Gasteiger partial charge in [-0.15, -0.1) is 0 Å². The molecule has 0 bridgehead atoms. The molecular formula is C15H25O3P. The van der Waals surface area contributed by atoms with E-state index in [0.29, 0.717) is 0 Å². The molecule has 4 heteroatoms. The highest BCUT2D eigenvalue weighted by Crippen LogP contribution is 2.37. The Morgan fingerprint density at radius 3 is 2.26 bits per heavy atom. The first-order valence-electron chi connectivity index (χ1n) is 7.13. The van der Waals surface area contributed by atoms with Gasteiger partial charge in [-0.1, -0.05) is 75.8 Å². The van der Waals surface area contributed by atoms with Crippen LogP contribution in [0.15, 0.2) is 30.3 Å². The molecule has 0 spiro atoms. The van der Waals surface area contributed by atoms with Crippen LogP contribution in [0.25, 0.3) is 0 Å². The Kier molecular flexibility index (Phi) is 9.02. The highest BCUT2D eigenvalue weighted by molar-refractivity contribution is 7.39. The number of hydrogen-bond acceptors (Lipinski definition) is 3. The summed E-state index contributed by atoms with van der Waals surface area (Å²) < 4.78 is 5.24. The van der Waals surface area contributed by atoms with Gasteiger partial charge in [-0.2, -0.15) is 0 Å². The van der Waals surface area contributed by atoms with Crippen LogP contribution in [0.1, 0.15) is 63.5 Å². The maximum atomic E-state index is 9.05. The van der Waals surface area contributed by atoms with Gasteiger partial charge >= 0.3 is 8.60 Å². The summed E-state index contributed by atoms with van der Waals surface area (Å²) in [5.74, 6) is 0. The summed E-state index contributed by atoms with van der Waals surface area (Å²) in [5.41, 5.74) is 1.02. The minimum atomic E-state index is -2.29. The molecule has 3 nitrogen and oxygen atoms in total. The van der Waals surface area contributed by atoms with Crippen molar-refractivity contribution in [3.8, 4) is 0 Å². The van der Waals surface area contributed by atoms with E-state index >= 15 is 0 Å². The molecule has 19 heavy (non-hydrogen) atoms. The first-order valence-corrected chi connectivity index (χ1v) is 8.30. The van der Waals surface area contributed by atoms with Crippen LogP contribution < -0.4 is 0 Å². The molecule has 0 aliphatic heterocycles. The van der Waals surface area contributed by atoms with Crippen LogP contribution in [0, 0.1) is 0 Å². The first-order chi connectivity index (χ1) is 9.24. The lowest BCUT2D eigenvalue weighted by atomic mass is 10.0. The third-order valence-corrected chi connectivity index (χ3v) is 3.66. The summed E-state index contributed by atoms with van der Waals surface area (Å²) in [7, 11) is -2.29. The molecule has 0 radical (unpaired) electrons. The fraction of sp³-hybridized carbons (Fsp3) is 0.600. The van der Waals surface area contributed by atoms with E-state index in [1.807, 2.05) is 30.3 Å². The Morgan fingerprint density at radius 2 is 1.63 bits per heavy atom. The summed E-state index contributed by atoms with van der Waals surface area (Å²) in [6.45, 7) is 2.21. The lowest BCUT2D eigenvalue weighted by molar-refractivity contribution is 0.161. The fourth-order valence-corrected chi connectivity index (χ4v) is 2.63. The molecule has 0 saturated heterocycles. The number of hydrogen-bond donors (Lipinski definition) is 2. The average molecular weight is 284 g/mol. The summed E-state index contributed by atoms with van der Waals surface area (Å²) in [4.78, 5) is 18.1. The van der Waals surface area contributed by atoms with E-state index in [4.69, 9.17) is 14.3 Å².